The molecule has 0 bridgehead atoms. The molecule has 2 aromatic rings. The second kappa shape index (κ2) is 13.2. The highest BCUT2D eigenvalue weighted by molar-refractivity contribution is 5.73. The molecule has 4 heteroatoms. The fourth-order valence-electron chi connectivity index (χ4n) is 3.72. The summed E-state index contributed by atoms with van der Waals surface area (Å²) in [5, 5.41) is 0. The molecule has 0 unspecified atom stereocenters. The van der Waals surface area contributed by atoms with Gasteiger partial charge >= 0.3 is 5.97 Å². The standard InChI is InChI=1S/C27H40N2O2/c1-5-7-9-10-11-12-13-22-20-28-26(29-21-22)23-14-16-24(17-15-23)31-25(30)19-27(3,4)18-8-6-2/h14-17,20-21H,5-13,18-19H2,1-4H3. The maximum absolute atomic E-state index is 12.3. The van der Waals surface area contributed by atoms with Gasteiger partial charge in [0.2, 0.25) is 0 Å². The van der Waals surface area contributed by atoms with E-state index in [1.807, 2.05) is 36.7 Å². The van der Waals surface area contributed by atoms with Crippen molar-refractivity contribution >= 4 is 5.97 Å². The monoisotopic (exact) mass is 424 g/mol. The summed E-state index contributed by atoms with van der Waals surface area (Å²) in [6.45, 7) is 8.67. The first-order valence-electron chi connectivity index (χ1n) is 12.1. The predicted molar refractivity (Wildman–Crippen MR) is 128 cm³/mol. The lowest BCUT2D eigenvalue weighted by atomic mass is 9.84. The molecule has 4 nitrogen and oxygen atoms in total. The molecule has 1 aromatic heterocycles. The van der Waals surface area contributed by atoms with Crippen molar-refractivity contribution in [3.8, 4) is 17.1 Å². The number of esters is 1. The molecule has 0 aliphatic heterocycles. The zero-order chi connectivity index (χ0) is 22.5. The Morgan fingerprint density at radius 1 is 0.871 bits per heavy atom. The summed E-state index contributed by atoms with van der Waals surface area (Å²) >= 11 is 0. The highest BCUT2D eigenvalue weighted by Crippen LogP contribution is 2.28. The molecule has 1 heterocycles. The number of ether oxygens (including phenoxy) is 1. The first kappa shape index (κ1) is 25.0. The molecule has 0 spiro atoms. The Kier molecular flexibility index (Phi) is 10.7. The Labute approximate surface area is 188 Å². The van der Waals surface area contributed by atoms with Gasteiger partial charge in [0.15, 0.2) is 5.82 Å². The van der Waals surface area contributed by atoms with E-state index >= 15 is 0 Å². The molecule has 0 radical (unpaired) electrons. The average Bonchev–Trinajstić information content (AvgIpc) is 2.75. The molecule has 0 aliphatic carbocycles. The van der Waals surface area contributed by atoms with Gasteiger partial charge in [0.25, 0.3) is 0 Å². The van der Waals surface area contributed by atoms with Gasteiger partial charge in [-0.1, -0.05) is 72.6 Å². The number of hydrogen-bond acceptors (Lipinski definition) is 4. The zero-order valence-corrected chi connectivity index (χ0v) is 20.0. The number of rotatable bonds is 14. The van der Waals surface area contributed by atoms with E-state index in [0.717, 1.165) is 31.2 Å². The van der Waals surface area contributed by atoms with E-state index in [1.54, 1.807) is 0 Å². The molecular formula is C27H40N2O2. The van der Waals surface area contributed by atoms with Gasteiger partial charge < -0.3 is 4.74 Å². The van der Waals surface area contributed by atoms with Gasteiger partial charge in [0, 0.05) is 18.0 Å². The van der Waals surface area contributed by atoms with E-state index in [9.17, 15) is 4.79 Å². The SMILES string of the molecule is CCCCCCCCc1cnc(-c2ccc(OC(=O)CC(C)(C)CCCC)cc2)nc1. The van der Waals surface area contributed by atoms with Crippen molar-refractivity contribution in [2.24, 2.45) is 5.41 Å². The van der Waals surface area contributed by atoms with Crippen LogP contribution in [-0.2, 0) is 11.2 Å². The molecule has 170 valence electrons. The van der Waals surface area contributed by atoms with Crippen LogP contribution in [0, 0.1) is 5.41 Å². The minimum atomic E-state index is -0.177. The number of carbonyl (C=O) groups excluding carboxylic acids is 1. The molecule has 1 aromatic carbocycles. The summed E-state index contributed by atoms with van der Waals surface area (Å²) in [6, 6.07) is 7.46. The third-order valence-electron chi connectivity index (χ3n) is 5.70. The van der Waals surface area contributed by atoms with Gasteiger partial charge in [0.05, 0.1) is 6.42 Å². The first-order valence-corrected chi connectivity index (χ1v) is 12.1. The molecule has 0 saturated heterocycles. The van der Waals surface area contributed by atoms with Crippen molar-refractivity contribution in [3.63, 3.8) is 0 Å². The van der Waals surface area contributed by atoms with Crippen LogP contribution in [0.25, 0.3) is 11.4 Å². The highest BCUT2D eigenvalue weighted by atomic mass is 16.5. The minimum absolute atomic E-state index is 0.0296. The van der Waals surface area contributed by atoms with E-state index in [2.05, 4.69) is 37.7 Å². The summed E-state index contributed by atoms with van der Waals surface area (Å²) in [6.07, 6.45) is 16.4. The normalized spacial score (nSPS) is 11.5. The van der Waals surface area contributed by atoms with Crippen LogP contribution in [0.1, 0.15) is 97.5 Å². The number of nitrogens with zero attached hydrogens (tertiary/aromatic N) is 2. The van der Waals surface area contributed by atoms with Crippen LogP contribution in [0.2, 0.25) is 0 Å². The van der Waals surface area contributed by atoms with Gasteiger partial charge in [-0.15, -0.1) is 0 Å². The van der Waals surface area contributed by atoms with E-state index in [4.69, 9.17) is 4.74 Å². The lowest BCUT2D eigenvalue weighted by Gasteiger charge is -2.23. The van der Waals surface area contributed by atoms with Crippen LogP contribution in [0.5, 0.6) is 5.75 Å². The van der Waals surface area contributed by atoms with Crippen LogP contribution >= 0.6 is 0 Å². The fraction of sp³-hybridized carbons (Fsp3) is 0.593. The molecule has 0 amide bonds. The maximum atomic E-state index is 12.3. The van der Waals surface area contributed by atoms with Crippen molar-refractivity contribution < 1.29 is 9.53 Å². The average molecular weight is 425 g/mol. The predicted octanol–water partition coefficient (Wildman–Crippen LogP) is 7.56. The summed E-state index contributed by atoms with van der Waals surface area (Å²) in [5.74, 6) is 1.09. The number of hydrogen-bond donors (Lipinski definition) is 0. The number of aryl methyl sites for hydroxylation is 1. The van der Waals surface area contributed by atoms with Crippen LogP contribution in [0.3, 0.4) is 0 Å². The number of aromatic nitrogens is 2. The van der Waals surface area contributed by atoms with E-state index in [-0.39, 0.29) is 11.4 Å². The van der Waals surface area contributed by atoms with Crippen LogP contribution in [0.4, 0.5) is 0 Å². The molecule has 0 N–H and O–H groups in total. The lowest BCUT2D eigenvalue weighted by molar-refractivity contribution is -0.136. The largest absolute Gasteiger partial charge is 0.427 e. The Hall–Kier alpha value is -2.23. The quantitative estimate of drug-likeness (QED) is 0.178. The topological polar surface area (TPSA) is 52.1 Å². The maximum Gasteiger partial charge on any atom is 0.311 e. The van der Waals surface area contributed by atoms with Crippen molar-refractivity contribution in [3.05, 3.63) is 42.2 Å². The fourth-order valence-corrected chi connectivity index (χ4v) is 3.72. The third-order valence-corrected chi connectivity index (χ3v) is 5.70. The summed E-state index contributed by atoms with van der Waals surface area (Å²) in [4.78, 5) is 21.3. The van der Waals surface area contributed by atoms with Crippen LogP contribution in [0.15, 0.2) is 36.7 Å². The van der Waals surface area contributed by atoms with Gasteiger partial charge in [-0.05, 0) is 54.5 Å². The van der Waals surface area contributed by atoms with Gasteiger partial charge in [-0.2, -0.15) is 0 Å². The number of carbonyl (C=O) groups is 1. The second-order valence-corrected chi connectivity index (χ2v) is 9.38. The Balaban J connectivity index is 1.82. The Bertz CT molecular complexity index is 767. The molecule has 0 saturated carbocycles. The van der Waals surface area contributed by atoms with Gasteiger partial charge in [-0.25, -0.2) is 9.97 Å². The van der Waals surface area contributed by atoms with E-state index < -0.39 is 0 Å². The second-order valence-electron chi connectivity index (χ2n) is 9.38. The molecule has 31 heavy (non-hydrogen) atoms. The van der Waals surface area contributed by atoms with Crippen LogP contribution in [-0.4, -0.2) is 15.9 Å². The number of unbranched alkanes of at least 4 members (excludes halogenated alkanes) is 6. The molecule has 0 aliphatic rings. The van der Waals surface area contributed by atoms with Crippen LogP contribution < -0.4 is 4.74 Å². The van der Waals surface area contributed by atoms with Gasteiger partial charge in [0.1, 0.15) is 5.75 Å². The Morgan fingerprint density at radius 2 is 1.48 bits per heavy atom. The summed E-state index contributed by atoms with van der Waals surface area (Å²) in [5.41, 5.74) is 2.09. The van der Waals surface area contributed by atoms with Crippen molar-refractivity contribution in [1.82, 2.24) is 9.97 Å². The minimum Gasteiger partial charge on any atom is -0.427 e. The summed E-state index contributed by atoms with van der Waals surface area (Å²) < 4.78 is 5.54. The van der Waals surface area contributed by atoms with E-state index in [1.165, 1.54) is 44.1 Å². The molecule has 0 fully saturated rings. The highest BCUT2D eigenvalue weighted by Gasteiger charge is 2.22. The smallest absolute Gasteiger partial charge is 0.311 e. The molecular weight excluding hydrogens is 384 g/mol. The molecule has 0 atom stereocenters. The van der Waals surface area contributed by atoms with Crippen molar-refractivity contribution in [2.45, 2.75) is 98.3 Å². The Morgan fingerprint density at radius 3 is 2.13 bits per heavy atom. The van der Waals surface area contributed by atoms with Gasteiger partial charge in [-0.3, -0.25) is 4.79 Å². The van der Waals surface area contributed by atoms with Crippen molar-refractivity contribution in [2.75, 3.05) is 0 Å². The molecule has 2 rings (SSSR count). The van der Waals surface area contributed by atoms with E-state index in [0.29, 0.717) is 18.0 Å². The lowest BCUT2D eigenvalue weighted by Crippen LogP contribution is -2.20. The number of benzene rings is 1. The third kappa shape index (κ3) is 9.63. The zero-order valence-electron chi connectivity index (χ0n) is 20.0. The van der Waals surface area contributed by atoms with Crippen molar-refractivity contribution in [1.29, 1.82) is 0 Å². The first-order chi connectivity index (χ1) is 14.9. The summed E-state index contributed by atoms with van der Waals surface area (Å²) in [7, 11) is 0.